The average molecular weight is 642 g/mol. The van der Waals surface area contributed by atoms with Gasteiger partial charge in [0, 0.05) is 19.5 Å². The van der Waals surface area contributed by atoms with Crippen molar-refractivity contribution in [1.82, 2.24) is 10.2 Å². The van der Waals surface area contributed by atoms with Crippen LogP contribution in [-0.2, 0) is 32.6 Å². The Bertz CT molecular complexity index is 1660. The zero-order chi connectivity index (χ0) is 33.1. The number of nitrogens with one attached hydrogen (secondary N) is 1. The van der Waals surface area contributed by atoms with Gasteiger partial charge in [-0.3, -0.25) is 13.9 Å². The summed E-state index contributed by atoms with van der Waals surface area (Å²) in [4.78, 5) is 29.9. The summed E-state index contributed by atoms with van der Waals surface area (Å²) in [6, 6.07) is 31.1. The van der Waals surface area contributed by atoms with Crippen molar-refractivity contribution < 1.29 is 22.7 Å². The van der Waals surface area contributed by atoms with Crippen LogP contribution in [0.15, 0.2) is 114 Å². The van der Waals surface area contributed by atoms with Gasteiger partial charge in [0.25, 0.3) is 10.0 Å². The van der Waals surface area contributed by atoms with Gasteiger partial charge in [0.15, 0.2) is 0 Å². The molecule has 9 heteroatoms. The van der Waals surface area contributed by atoms with Crippen LogP contribution in [0.2, 0.25) is 0 Å². The minimum atomic E-state index is -4.19. The first-order chi connectivity index (χ1) is 22.1. The van der Waals surface area contributed by atoms with Gasteiger partial charge in [0.2, 0.25) is 11.8 Å². The van der Waals surface area contributed by atoms with E-state index in [-0.39, 0.29) is 29.7 Å². The molecule has 1 unspecified atom stereocenters. The second-order valence-electron chi connectivity index (χ2n) is 11.6. The average Bonchev–Trinajstić information content (AvgIpc) is 3.06. The molecule has 0 aliphatic carbocycles. The SMILES string of the molecule is CCOc1ccc(S(=O)(=O)N(CC(=O)N(Cc2ccc(C)cc2)C(Cc2ccccc2)C(=O)NCC(C)C)c2ccccc2)cc1. The van der Waals surface area contributed by atoms with E-state index in [0.29, 0.717) is 24.6 Å². The number of amides is 2. The van der Waals surface area contributed by atoms with Crippen LogP contribution in [0.1, 0.15) is 37.5 Å². The Morgan fingerprint density at radius 3 is 2.00 bits per heavy atom. The predicted molar refractivity (Wildman–Crippen MR) is 182 cm³/mol. The lowest BCUT2D eigenvalue weighted by molar-refractivity contribution is -0.140. The zero-order valence-corrected chi connectivity index (χ0v) is 27.7. The van der Waals surface area contributed by atoms with E-state index in [4.69, 9.17) is 4.74 Å². The van der Waals surface area contributed by atoms with E-state index in [1.165, 1.54) is 17.0 Å². The monoisotopic (exact) mass is 641 g/mol. The Morgan fingerprint density at radius 2 is 1.41 bits per heavy atom. The Hall–Kier alpha value is -4.63. The molecule has 0 bridgehead atoms. The molecule has 4 aromatic carbocycles. The number of nitrogens with zero attached hydrogens (tertiary/aromatic N) is 2. The first kappa shape index (κ1) is 34.2. The van der Waals surface area contributed by atoms with E-state index in [1.54, 1.807) is 42.5 Å². The smallest absolute Gasteiger partial charge is 0.264 e. The number of aryl methyl sites for hydroxylation is 1. The quantitative estimate of drug-likeness (QED) is 0.172. The zero-order valence-electron chi connectivity index (χ0n) is 26.9. The third kappa shape index (κ3) is 9.20. The standard InChI is InChI=1S/C37H43N3O5S/c1-5-45-33-20-22-34(23-21-33)46(43,44)40(32-14-10-7-11-15-32)27-36(41)39(26-31-18-16-29(4)17-19-31)35(37(42)38-25-28(2)3)24-30-12-8-6-9-13-30/h6-23,28,35H,5,24-27H2,1-4H3,(H,38,42). The number of carbonyl (C=O) groups is 2. The van der Waals surface area contributed by atoms with E-state index < -0.39 is 28.5 Å². The van der Waals surface area contributed by atoms with E-state index in [1.807, 2.05) is 82.3 Å². The van der Waals surface area contributed by atoms with Crippen molar-refractivity contribution in [3.63, 3.8) is 0 Å². The van der Waals surface area contributed by atoms with Crippen LogP contribution in [-0.4, -0.2) is 50.9 Å². The number of carbonyl (C=O) groups excluding carboxylic acids is 2. The number of ether oxygens (including phenoxy) is 1. The van der Waals surface area contributed by atoms with E-state index in [0.717, 1.165) is 21.0 Å². The Labute approximate surface area is 273 Å². The topological polar surface area (TPSA) is 96.0 Å². The third-order valence-electron chi connectivity index (χ3n) is 7.47. The molecule has 0 heterocycles. The van der Waals surface area contributed by atoms with Crippen molar-refractivity contribution in [2.24, 2.45) is 5.92 Å². The van der Waals surface area contributed by atoms with Gasteiger partial charge in [0.05, 0.1) is 17.2 Å². The van der Waals surface area contributed by atoms with Crippen molar-refractivity contribution >= 4 is 27.5 Å². The highest BCUT2D eigenvalue weighted by Gasteiger charge is 2.34. The summed E-state index contributed by atoms with van der Waals surface area (Å²) in [6.07, 6.45) is 0.263. The second-order valence-corrected chi connectivity index (χ2v) is 13.5. The summed E-state index contributed by atoms with van der Waals surface area (Å²) in [7, 11) is -4.19. The summed E-state index contributed by atoms with van der Waals surface area (Å²) in [5, 5.41) is 3.01. The minimum Gasteiger partial charge on any atom is -0.494 e. The fourth-order valence-electron chi connectivity index (χ4n) is 4.99. The molecule has 0 saturated heterocycles. The van der Waals surface area contributed by atoms with Crippen molar-refractivity contribution in [3.8, 4) is 5.75 Å². The molecule has 4 rings (SSSR count). The number of hydrogen-bond acceptors (Lipinski definition) is 5. The minimum absolute atomic E-state index is 0.0215. The molecule has 0 saturated carbocycles. The first-order valence-electron chi connectivity index (χ1n) is 15.6. The number of para-hydroxylation sites is 1. The molecule has 0 aromatic heterocycles. The van der Waals surface area contributed by atoms with E-state index in [9.17, 15) is 18.0 Å². The number of hydrogen-bond donors (Lipinski definition) is 1. The van der Waals surface area contributed by atoms with Crippen molar-refractivity contribution in [1.29, 1.82) is 0 Å². The number of rotatable bonds is 15. The molecule has 2 amide bonds. The maximum absolute atomic E-state index is 14.5. The van der Waals surface area contributed by atoms with Crippen molar-refractivity contribution in [2.45, 2.75) is 51.6 Å². The molecule has 242 valence electrons. The van der Waals surface area contributed by atoms with Gasteiger partial charge in [-0.05, 0) is 67.3 Å². The molecule has 1 N–H and O–H groups in total. The lowest BCUT2D eigenvalue weighted by Gasteiger charge is -2.34. The van der Waals surface area contributed by atoms with Gasteiger partial charge in [-0.25, -0.2) is 8.42 Å². The van der Waals surface area contributed by atoms with Crippen LogP contribution in [0.25, 0.3) is 0 Å². The van der Waals surface area contributed by atoms with Crippen LogP contribution in [0.5, 0.6) is 5.75 Å². The fraction of sp³-hybridized carbons (Fsp3) is 0.297. The third-order valence-corrected chi connectivity index (χ3v) is 9.26. The van der Waals surface area contributed by atoms with Crippen LogP contribution < -0.4 is 14.4 Å². The second kappa shape index (κ2) is 16.1. The molecular weight excluding hydrogens is 598 g/mol. The normalized spacial score (nSPS) is 11.9. The first-order valence-corrected chi connectivity index (χ1v) is 17.0. The largest absolute Gasteiger partial charge is 0.494 e. The van der Waals surface area contributed by atoms with E-state index >= 15 is 0 Å². The number of anilines is 1. The van der Waals surface area contributed by atoms with Gasteiger partial charge in [-0.1, -0.05) is 92.2 Å². The molecule has 4 aromatic rings. The Morgan fingerprint density at radius 1 is 0.804 bits per heavy atom. The molecule has 0 aliphatic heterocycles. The van der Waals surface area contributed by atoms with Crippen LogP contribution in [0, 0.1) is 12.8 Å². The summed E-state index contributed by atoms with van der Waals surface area (Å²) in [5.41, 5.74) is 3.11. The summed E-state index contributed by atoms with van der Waals surface area (Å²) < 4.78 is 34.9. The van der Waals surface area contributed by atoms with Gasteiger partial charge in [-0.2, -0.15) is 0 Å². The lowest BCUT2D eigenvalue weighted by atomic mass is 10.0. The molecule has 0 spiro atoms. The highest BCUT2D eigenvalue weighted by molar-refractivity contribution is 7.92. The fourth-order valence-corrected chi connectivity index (χ4v) is 6.41. The molecule has 46 heavy (non-hydrogen) atoms. The Kier molecular flexibility index (Phi) is 12.0. The number of sulfonamides is 1. The van der Waals surface area contributed by atoms with Crippen LogP contribution in [0.4, 0.5) is 5.69 Å². The summed E-state index contributed by atoms with van der Waals surface area (Å²) in [5.74, 6) is -0.0437. The highest BCUT2D eigenvalue weighted by atomic mass is 32.2. The molecule has 8 nitrogen and oxygen atoms in total. The van der Waals surface area contributed by atoms with Gasteiger partial charge in [0.1, 0.15) is 18.3 Å². The van der Waals surface area contributed by atoms with Crippen molar-refractivity contribution in [3.05, 3.63) is 126 Å². The molecule has 0 aliphatic rings. The van der Waals surface area contributed by atoms with Crippen molar-refractivity contribution in [2.75, 3.05) is 24.0 Å². The Balaban J connectivity index is 1.76. The highest BCUT2D eigenvalue weighted by Crippen LogP contribution is 2.26. The molecular formula is C37H43N3O5S. The van der Waals surface area contributed by atoms with E-state index in [2.05, 4.69) is 5.32 Å². The maximum Gasteiger partial charge on any atom is 0.264 e. The van der Waals surface area contributed by atoms with Gasteiger partial charge in [-0.15, -0.1) is 0 Å². The van der Waals surface area contributed by atoms with Gasteiger partial charge < -0.3 is 15.0 Å². The maximum atomic E-state index is 14.5. The molecule has 0 radical (unpaired) electrons. The summed E-state index contributed by atoms with van der Waals surface area (Å²) in [6.45, 7) is 8.35. The number of benzene rings is 4. The van der Waals surface area contributed by atoms with Crippen LogP contribution >= 0.6 is 0 Å². The molecule has 1 atom stereocenters. The van der Waals surface area contributed by atoms with Gasteiger partial charge >= 0.3 is 0 Å². The molecule has 0 fully saturated rings. The summed E-state index contributed by atoms with van der Waals surface area (Å²) >= 11 is 0. The lowest BCUT2D eigenvalue weighted by Crippen LogP contribution is -2.53. The predicted octanol–water partition coefficient (Wildman–Crippen LogP) is 6.00. The van der Waals surface area contributed by atoms with Crippen LogP contribution in [0.3, 0.4) is 0 Å².